The molecule has 2 aliphatic rings. The molecule has 1 heterocycles. The van der Waals surface area contributed by atoms with E-state index in [1.54, 1.807) is 0 Å². The summed E-state index contributed by atoms with van der Waals surface area (Å²) in [6.07, 6.45) is 0. The van der Waals surface area contributed by atoms with Gasteiger partial charge in [-0.2, -0.15) is 0 Å². The van der Waals surface area contributed by atoms with Crippen LogP contribution in [0.25, 0.3) is 66.4 Å². The van der Waals surface area contributed by atoms with Gasteiger partial charge in [0.05, 0.1) is 0 Å². The number of nitrogens with zero attached hydrogens (tertiary/aromatic N) is 1. The number of anilines is 3. The van der Waals surface area contributed by atoms with E-state index in [1.165, 1.54) is 61.2 Å². The molecule has 1 aliphatic heterocycles. The van der Waals surface area contributed by atoms with Gasteiger partial charge in [0.15, 0.2) is 0 Å². The zero-order valence-corrected chi connectivity index (χ0v) is 34.3. The molecular weight excluding hydrogens is 751 g/mol. The van der Waals surface area contributed by atoms with Gasteiger partial charge in [0.25, 0.3) is 0 Å². The molecule has 1 atom stereocenters. The fourth-order valence-electron chi connectivity index (χ4n) is 10.0. The maximum atomic E-state index is 6.39. The lowest BCUT2D eigenvalue weighted by Gasteiger charge is -2.31. The SMILES string of the molecule is CC1(c2ccccc2)c2ccccc2-c2ccc(N(c3ccc(-c4ccc(-c5ccccc5)cc4)cc3)c3cccc(-c4cc5c6c(cccc6c4)Oc4ccccc4-5)c3)cc21. The highest BCUT2D eigenvalue weighted by Gasteiger charge is 2.41. The first-order valence-corrected chi connectivity index (χ1v) is 21.4. The van der Waals surface area contributed by atoms with Crippen molar-refractivity contribution in [3.05, 3.63) is 247 Å². The molecule has 0 radical (unpaired) electrons. The number of para-hydroxylation sites is 1. The molecular formula is C60H41NO. The Labute approximate surface area is 362 Å². The summed E-state index contributed by atoms with van der Waals surface area (Å²) in [6.45, 7) is 2.39. The topological polar surface area (TPSA) is 12.5 Å². The van der Waals surface area contributed by atoms with E-state index >= 15 is 0 Å². The van der Waals surface area contributed by atoms with Crippen LogP contribution in [-0.2, 0) is 5.41 Å². The van der Waals surface area contributed by atoms with Crippen molar-refractivity contribution in [2.24, 2.45) is 0 Å². The molecule has 1 aliphatic carbocycles. The number of benzene rings is 10. The summed E-state index contributed by atoms with van der Waals surface area (Å²) in [5, 5.41) is 2.32. The van der Waals surface area contributed by atoms with Crippen molar-refractivity contribution < 1.29 is 4.74 Å². The van der Waals surface area contributed by atoms with Crippen molar-refractivity contribution >= 4 is 27.8 Å². The van der Waals surface area contributed by atoms with Crippen LogP contribution in [0.5, 0.6) is 11.5 Å². The molecule has 0 aromatic heterocycles. The average molecular weight is 792 g/mol. The van der Waals surface area contributed by atoms with E-state index in [0.29, 0.717) is 0 Å². The standard InChI is InChI=1S/C60H41NO/c1-60(47-18-6-3-7-19-47)55-23-10-8-21-51(55)52-35-34-50(39-56(52)60)61(48-32-30-43(31-33-48)42-28-26-41(27-29-42)40-14-4-2-5-15-40)49-20-12-16-44(37-49)46-36-45-17-13-25-58-59(45)54(38-46)53-22-9-11-24-57(53)62-58/h2-39H,1H3. The average Bonchev–Trinajstić information content (AvgIpc) is 3.60. The van der Waals surface area contributed by atoms with Gasteiger partial charge in [0.2, 0.25) is 0 Å². The van der Waals surface area contributed by atoms with Crippen molar-refractivity contribution in [3.63, 3.8) is 0 Å². The lowest BCUT2D eigenvalue weighted by atomic mass is 9.74. The van der Waals surface area contributed by atoms with Crippen LogP contribution in [0.2, 0.25) is 0 Å². The van der Waals surface area contributed by atoms with Crippen LogP contribution in [0, 0.1) is 0 Å². The number of ether oxygens (including phenoxy) is 1. The third-order valence-corrected chi connectivity index (χ3v) is 13.1. The predicted molar refractivity (Wildman–Crippen MR) is 258 cm³/mol. The lowest BCUT2D eigenvalue weighted by Crippen LogP contribution is -2.22. The van der Waals surface area contributed by atoms with E-state index in [-0.39, 0.29) is 5.41 Å². The summed E-state index contributed by atoms with van der Waals surface area (Å²) in [6, 6.07) is 83.8. The molecule has 10 aromatic carbocycles. The molecule has 0 amide bonds. The molecule has 62 heavy (non-hydrogen) atoms. The van der Waals surface area contributed by atoms with E-state index in [1.807, 2.05) is 6.07 Å². The highest BCUT2D eigenvalue weighted by Crippen LogP contribution is 2.54. The van der Waals surface area contributed by atoms with Crippen molar-refractivity contribution in [3.8, 4) is 67.1 Å². The molecule has 0 N–H and O–H groups in total. The van der Waals surface area contributed by atoms with Crippen LogP contribution in [-0.4, -0.2) is 0 Å². The van der Waals surface area contributed by atoms with Crippen molar-refractivity contribution in [1.82, 2.24) is 0 Å². The Morgan fingerprint density at radius 1 is 0.339 bits per heavy atom. The first-order chi connectivity index (χ1) is 30.6. The van der Waals surface area contributed by atoms with Crippen LogP contribution in [0.3, 0.4) is 0 Å². The minimum atomic E-state index is -0.322. The van der Waals surface area contributed by atoms with Crippen molar-refractivity contribution in [2.75, 3.05) is 4.90 Å². The summed E-state index contributed by atoms with van der Waals surface area (Å²) >= 11 is 0. The Kier molecular flexibility index (Phi) is 8.33. The number of rotatable bonds is 7. The zero-order valence-electron chi connectivity index (χ0n) is 34.3. The van der Waals surface area contributed by atoms with Gasteiger partial charge in [-0.25, -0.2) is 0 Å². The second-order valence-electron chi connectivity index (χ2n) is 16.6. The summed E-state index contributed by atoms with van der Waals surface area (Å²) in [5.74, 6) is 1.79. The maximum absolute atomic E-state index is 6.39. The number of hydrogen-bond acceptors (Lipinski definition) is 2. The second-order valence-corrected chi connectivity index (χ2v) is 16.6. The van der Waals surface area contributed by atoms with E-state index in [2.05, 4.69) is 236 Å². The van der Waals surface area contributed by atoms with Gasteiger partial charge in [-0.1, -0.05) is 170 Å². The van der Waals surface area contributed by atoms with Crippen molar-refractivity contribution in [2.45, 2.75) is 12.3 Å². The quantitative estimate of drug-likeness (QED) is 0.159. The summed E-state index contributed by atoms with van der Waals surface area (Å²) in [4.78, 5) is 2.42. The van der Waals surface area contributed by atoms with Gasteiger partial charge in [-0.05, 0) is 140 Å². The largest absolute Gasteiger partial charge is 0.456 e. The van der Waals surface area contributed by atoms with Gasteiger partial charge >= 0.3 is 0 Å². The van der Waals surface area contributed by atoms with Crippen LogP contribution in [0.4, 0.5) is 17.1 Å². The normalized spacial score (nSPS) is 14.4. The van der Waals surface area contributed by atoms with E-state index < -0.39 is 0 Å². The molecule has 0 saturated carbocycles. The van der Waals surface area contributed by atoms with E-state index in [9.17, 15) is 0 Å². The summed E-state index contributed by atoms with van der Waals surface area (Å²) < 4.78 is 6.39. The number of fused-ring (bicyclic) bond motifs is 5. The zero-order chi connectivity index (χ0) is 41.2. The van der Waals surface area contributed by atoms with Gasteiger partial charge in [0, 0.05) is 33.4 Å². The molecule has 1 unspecified atom stereocenters. The molecule has 10 aromatic rings. The van der Waals surface area contributed by atoms with Crippen LogP contribution >= 0.6 is 0 Å². The summed E-state index contributed by atoms with van der Waals surface area (Å²) in [7, 11) is 0. The molecule has 0 saturated heterocycles. The monoisotopic (exact) mass is 791 g/mol. The highest BCUT2D eigenvalue weighted by atomic mass is 16.5. The van der Waals surface area contributed by atoms with E-state index in [4.69, 9.17) is 4.74 Å². The Balaban J connectivity index is 1.00. The van der Waals surface area contributed by atoms with Crippen LogP contribution in [0.15, 0.2) is 231 Å². The van der Waals surface area contributed by atoms with Crippen LogP contribution in [0.1, 0.15) is 23.6 Å². The van der Waals surface area contributed by atoms with Crippen molar-refractivity contribution in [1.29, 1.82) is 0 Å². The molecule has 0 fully saturated rings. The Bertz CT molecular complexity index is 3320. The fourth-order valence-corrected chi connectivity index (χ4v) is 10.0. The lowest BCUT2D eigenvalue weighted by molar-refractivity contribution is 0.487. The Hall–Kier alpha value is -7.94. The predicted octanol–water partition coefficient (Wildman–Crippen LogP) is 16.4. The first kappa shape index (κ1) is 36.0. The Morgan fingerprint density at radius 2 is 0.903 bits per heavy atom. The molecule has 0 bridgehead atoms. The van der Waals surface area contributed by atoms with Gasteiger partial charge in [0.1, 0.15) is 11.5 Å². The molecule has 2 nitrogen and oxygen atoms in total. The fraction of sp³-hybridized carbons (Fsp3) is 0.0333. The molecule has 0 spiro atoms. The smallest absolute Gasteiger partial charge is 0.135 e. The third kappa shape index (κ3) is 5.79. The second kappa shape index (κ2) is 14.4. The summed E-state index contributed by atoms with van der Waals surface area (Å²) in [5.41, 5.74) is 18.9. The molecule has 292 valence electrons. The van der Waals surface area contributed by atoms with Gasteiger partial charge in [-0.15, -0.1) is 0 Å². The Morgan fingerprint density at radius 3 is 1.68 bits per heavy atom. The molecule has 2 heteroatoms. The van der Waals surface area contributed by atoms with Crippen LogP contribution < -0.4 is 9.64 Å². The van der Waals surface area contributed by atoms with Gasteiger partial charge in [-0.3, -0.25) is 0 Å². The first-order valence-electron chi connectivity index (χ1n) is 21.4. The highest BCUT2D eigenvalue weighted by molar-refractivity contribution is 6.06. The number of hydrogen-bond donors (Lipinski definition) is 0. The maximum Gasteiger partial charge on any atom is 0.135 e. The minimum absolute atomic E-state index is 0.322. The minimum Gasteiger partial charge on any atom is -0.456 e. The molecule has 12 rings (SSSR count). The third-order valence-electron chi connectivity index (χ3n) is 13.1. The van der Waals surface area contributed by atoms with E-state index in [0.717, 1.165) is 50.5 Å². The van der Waals surface area contributed by atoms with Gasteiger partial charge < -0.3 is 9.64 Å².